The molecular formula is C14H19NO3. The molecule has 0 aliphatic rings. The van der Waals surface area contributed by atoms with Crippen molar-refractivity contribution in [2.24, 2.45) is 0 Å². The van der Waals surface area contributed by atoms with Crippen LogP contribution in [0.15, 0.2) is 18.2 Å². The van der Waals surface area contributed by atoms with Gasteiger partial charge in [-0.3, -0.25) is 9.59 Å². The summed E-state index contributed by atoms with van der Waals surface area (Å²) in [5.41, 5.74) is 1.57. The number of hydrogen-bond acceptors (Lipinski definition) is 3. The highest BCUT2D eigenvalue weighted by molar-refractivity contribution is 5.77. The second-order valence-electron chi connectivity index (χ2n) is 4.04. The third kappa shape index (κ3) is 4.57. The van der Waals surface area contributed by atoms with Gasteiger partial charge in [0.05, 0.1) is 6.61 Å². The van der Waals surface area contributed by atoms with Gasteiger partial charge in [0.1, 0.15) is 12.0 Å². The van der Waals surface area contributed by atoms with Crippen molar-refractivity contribution in [3.8, 4) is 5.75 Å². The van der Waals surface area contributed by atoms with Crippen LogP contribution in [0, 0.1) is 6.92 Å². The van der Waals surface area contributed by atoms with Crippen LogP contribution in [0.25, 0.3) is 0 Å². The van der Waals surface area contributed by atoms with Gasteiger partial charge in [0, 0.05) is 18.5 Å². The Kier molecular flexibility index (Phi) is 5.91. The van der Waals surface area contributed by atoms with Gasteiger partial charge in [0.25, 0.3) is 0 Å². The Morgan fingerprint density at radius 3 is 2.83 bits per heavy atom. The fraction of sp³-hybridized carbons (Fsp3) is 0.429. The van der Waals surface area contributed by atoms with E-state index in [1.54, 1.807) is 12.1 Å². The van der Waals surface area contributed by atoms with Crippen molar-refractivity contribution in [2.75, 3.05) is 13.2 Å². The smallest absolute Gasteiger partial charge is 0.220 e. The molecule has 0 spiro atoms. The van der Waals surface area contributed by atoms with E-state index in [2.05, 4.69) is 5.32 Å². The largest absolute Gasteiger partial charge is 0.494 e. The molecule has 18 heavy (non-hydrogen) atoms. The van der Waals surface area contributed by atoms with E-state index < -0.39 is 0 Å². The number of carbonyl (C=O) groups excluding carboxylic acids is 2. The molecule has 0 bridgehead atoms. The zero-order valence-electron chi connectivity index (χ0n) is 10.9. The molecule has 1 aromatic rings. The lowest BCUT2D eigenvalue weighted by Gasteiger charge is -2.07. The van der Waals surface area contributed by atoms with E-state index >= 15 is 0 Å². The molecule has 1 rings (SSSR count). The second-order valence-corrected chi connectivity index (χ2v) is 4.04. The summed E-state index contributed by atoms with van der Waals surface area (Å²) in [5, 5.41) is 2.74. The van der Waals surface area contributed by atoms with E-state index in [4.69, 9.17) is 4.74 Å². The van der Waals surface area contributed by atoms with Gasteiger partial charge >= 0.3 is 0 Å². The molecule has 0 aliphatic carbocycles. The van der Waals surface area contributed by atoms with Gasteiger partial charge in [-0.05, 0) is 44.0 Å². The van der Waals surface area contributed by atoms with Crippen LogP contribution >= 0.6 is 0 Å². The van der Waals surface area contributed by atoms with Crippen LogP contribution in [-0.4, -0.2) is 25.3 Å². The summed E-state index contributed by atoms with van der Waals surface area (Å²) in [7, 11) is 0. The molecule has 0 heterocycles. The van der Waals surface area contributed by atoms with E-state index in [0.29, 0.717) is 31.6 Å². The van der Waals surface area contributed by atoms with Crippen molar-refractivity contribution in [1.82, 2.24) is 5.32 Å². The van der Waals surface area contributed by atoms with E-state index in [0.717, 1.165) is 17.6 Å². The average Bonchev–Trinajstić information content (AvgIpc) is 2.35. The Hall–Kier alpha value is -1.84. The van der Waals surface area contributed by atoms with Crippen LogP contribution in [0.5, 0.6) is 5.75 Å². The number of carbonyl (C=O) groups is 2. The van der Waals surface area contributed by atoms with Crippen molar-refractivity contribution < 1.29 is 14.3 Å². The summed E-state index contributed by atoms with van der Waals surface area (Å²) in [6.07, 6.45) is 1.98. The number of aryl methyl sites for hydroxylation is 1. The molecule has 1 N–H and O–H groups in total. The number of hydrogen-bond donors (Lipinski definition) is 1. The molecule has 0 saturated heterocycles. The maximum atomic E-state index is 11.2. The molecule has 0 unspecified atom stereocenters. The number of rotatable bonds is 7. The van der Waals surface area contributed by atoms with Gasteiger partial charge < -0.3 is 10.1 Å². The van der Waals surface area contributed by atoms with E-state index in [1.807, 2.05) is 19.9 Å². The highest BCUT2D eigenvalue weighted by Gasteiger charge is 2.01. The topological polar surface area (TPSA) is 55.4 Å². The summed E-state index contributed by atoms with van der Waals surface area (Å²) >= 11 is 0. The maximum Gasteiger partial charge on any atom is 0.220 e. The molecule has 1 amide bonds. The molecule has 0 radical (unpaired) electrons. The second kappa shape index (κ2) is 7.48. The molecule has 4 nitrogen and oxygen atoms in total. The minimum absolute atomic E-state index is 0.0496. The number of amides is 1. The van der Waals surface area contributed by atoms with Gasteiger partial charge in [-0.25, -0.2) is 0 Å². The van der Waals surface area contributed by atoms with Gasteiger partial charge in [-0.1, -0.05) is 0 Å². The van der Waals surface area contributed by atoms with Crippen LogP contribution in [0.2, 0.25) is 0 Å². The quantitative estimate of drug-likeness (QED) is 0.594. The number of nitrogens with one attached hydrogen (secondary N) is 1. The third-order valence-corrected chi connectivity index (χ3v) is 2.56. The van der Waals surface area contributed by atoms with Crippen molar-refractivity contribution in [3.05, 3.63) is 29.3 Å². The lowest BCUT2D eigenvalue weighted by molar-refractivity contribution is -0.121. The van der Waals surface area contributed by atoms with Crippen molar-refractivity contribution in [1.29, 1.82) is 0 Å². The SMILES string of the molecule is CCNC(=O)CCCOc1ccc(C=O)c(C)c1. The zero-order chi connectivity index (χ0) is 13.4. The van der Waals surface area contributed by atoms with Crippen LogP contribution in [-0.2, 0) is 4.79 Å². The first-order valence-corrected chi connectivity index (χ1v) is 6.12. The fourth-order valence-electron chi connectivity index (χ4n) is 1.58. The zero-order valence-corrected chi connectivity index (χ0v) is 10.9. The summed E-state index contributed by atoms with van der Waals surface area (Å²) < 4.78 is 5.52. The molecule has 0 aromatic heterocycles. The Bertz CT molecular complexity index is 416. The fourth-order valence-corrected chi connectivity index (χ4v) is 1.58. The lowest BCUT2D eigenvalue weighted by atomic mass is 10.1. The number of aldehydes is 1. The number of benzene rings is 1. The Labute approximate surface area is 107 Å². The molecule has 98 valence electrons. The monoisotopic (exact) mass is 249 g/mol. The Morgan fingerprint density at radius 2 is 2.22 bits per heavy atom. The minimum Gasteiger partial charge on any atom is -0.494 e. The Balaban J connectivity index is 2.33. The highest BCUT2D eigenvalue weighted by Crippen LogP contribution is 2.16. The predicted octanol–water partition coefficient (Wildman–Crippen LogP) is 2.10. The molecule has 1 aromatic carbocycles. The lowest BCUT2D eigenvalue weighted by Crippen LogP contribution is -2.22. The summed E-state index contributed by atoms with van der Waals surface area (Å²) in [4.78, 5) is 21.8. The average molecular weight is 249 g/mol. The van der Waals surface area contributed by atoms with E-state index in [-0.39, 0.29) is 5.91 Å². The highest BCUT2D eigenvalue weighted by atomic mass is 16.5. The maximum absolute atomic E-state index is 11.2. The minimum atomic E-state index is 0.0496. The van der Waals surface area contributed by atoms with Crippen molar-refractivity contribution in [2.45, 2.75) is 26.7 Å². The van der Waals surface area contributed by atoms with Gasteiger partial charge in [0.15, 0.2) is 0 Å². The van der Waals surface area contributed by atoms with Crippen molar-refractivity contribution in [3.63, 3.8) is 0 Å². The molecule has 0 atom stereocenters. The van der Waals surface area contributed by atoms with Crippen LogP contribution in [0.3, 0.4) is 0 Å². The Morgan fingerprint density at radius 1 is 1.44 bits per heavy atom. The molecule has 0 saturated carbocycles. The predicted molar refractivity (Wildman–Crippen MR) is 70.0 cm³/mol. The molecule has 0 fully saturated rings. The van der Waals surface area contributed by atoms with Crippen LogP contribution in [0.1, 0.15) is 35.7 Å². The summed E-state index contributed by atoms with van der Waals surface area (Å²) in [5.74, 6) is 0.780. The first-order valence-electron chi connectivity index (χ1n) is 6.12. The first-order chi connectivity index (χ1) is 8.67. The molecule has 0 aliphatic heterocycles. The molecular weight excluding hydrogens is 230 g/mol. The van der Waals surface area contributed by atoms with E-state index in [9.17, 15) is 9.59 Å². The van der Waals surface area contributed by atoms with Gasteiger partial charge in [0.2, 0.25) is 5.91 Å². The van der Waals surface area contributed by atoms with Gasteiger partial charge in [-0.2, -0.15) is 0 Å². The van der Waals surface area contributed by atoms with Crippen LogP contribution in [0.4, 0.5) is 0 Å². The van der Waals surface area contributed by atoms with Crippen LogP contribution < -0.4 is 10.1 Å². The third-order valence-electron chi connectivity index (χ3n) is 2.56. The van der Waals surface area contributed by atoms with Gasteiger partial charge in [-0.15, -0.1) is 0 Å². The standard InChI is InChI=1S/C14H19NO3/c1-3-15-14(17)5-4-8-18-13-7-6-12(10-16)11(2)9-13/h6-7,9-10H,3-5,8H2,1-2H3,(H,15,17). The molecule has 4 heteroatoms. The normalized spacial score (nSPS) is 9.89. The summed E-state index contributed by atoms with van der Waals surface area (Å²) in [6, 6.07) is 5.33. The number of ether oxygens (including phenoxy) is 1. The van der Waals surface area contributed by atoms with Crippen molar-refractivity contribution >= 4 is 12.2 Å². The van der Waals surface area contributed by atoms with E-state index in [1.165, 1.54) is 0 Å². The summed E-state index contributed by atoms with van der Waals surface area (Å²) in [6.45, 7) is 4.92. The first kappa shape index (κ1) is 14.2.